The Kier molecular flexibility index (Phi) is 6.70. The highest BCUT2D eigenvalue weighted by molar-refractivity contribution is 8.01. The fourth-order valence-electron chi connectivity index (χ4n) is 10.0. The number of hydrogen-bond acceptors (Lipinski definition) is 4. The monoisotopic (exact) mass is 856 g/mol. The van der Waals surface area contributed by atoms with Gasteiger partial charge in [0.1, 0.15) is 11.2 Å². The van der Waals surface area contributed by atoms with Crippen LogP contribution in [-0.2, 0) is 10.8 Å². The van der Waals surface area contributed by atoms with Gasteiger partial charge in [0.15, 0.2) is 0 Å². The van der Waals surface area contributed by atoms with E-state index >= 15 is 0 Å². The number of hydrogen-bond donors (Lipinski definition) is 0. The average molecular weight is 857 g/mol. The summed E-state index contributed by atoms with van der Waals surface area (Å²) in [5.41, 5.74) is 12.0. The molecule has 2 aliphatic rings. The highest BCUT2D eigenvalue weighted by Gasteiger charge is 2.42. The largest absolute Gasteiger partial charge is 0.457 e. The number of nitrogens with zero attached hydrogens (tertiary/aromatic N) is 1. The molecular formula is C56H42BNOS3. The summed E-state index contributed by atoms with van der Waals surface area (Å²) in [6.07, 6.45) is 0. The van der Waals surface area contributed by atoms with Crippen molar-refractivity contribution in [2.24, 2.45) is 0 Å². The van der Waals surface area contributed by atoms with E-state index in [2.05, 4.69) is 155 Å². The second-order valence-corrected chi connectivity index (χ2v) is 22.1. The minimum Gasteiger partial charge on any atom is -0.457 e. The summed E-state index contributed by atoms with van der Waals surface area (Å²) in [5.74, 6) is 0. The van der Waals surface area contributed by atoms with Crippen molar-refractivity contribution >= 4 is 122 Å². The normalized spacial score (nSPS) is 14.9. The zero-order valence-corrected chi connectivity index (χ0v) is 37.6. The third kappa shape index (κ3) is 5.27. The van der Waals surface area contributed by atoms with Gasteiger partial charge in [-0.3, -0.25) is 0 Å². The molecule has 0 unspecified atom stereocenters. The van der Waals surface area contributed by atoms with Crippen LogP contribution in [0.15, 0.2) is 169 Å². The Balaban J connectivity index is 1.12. The number of thiophene rings is 1. The van der Waals surface area contributed by atoms with Crippen molar-refractivity contribution < 1.29 is 11.3 Å². The fourth-order valence-corrected chi connectivity index (χ4v) is 14.0. The molecule has 0 spiro atoms. The van der Waals surface area contributed by atoms with E-state index in [1.165, 1.54) is 47.5 Å². The molecule has 2 aliphatic heterocycles. The molecule has 298 valence electrons. The second-order valence-electron chi connectivity index (χ2n) is 18.9. The summed E-state index contributed by atoms with van der Waals surface area (Å²) < 4.78 is 55.7. The molecule has 0 aliphatic carbocycles. The molecular weight excluding hydrogens is 810 g/mol. The first-order valence-corrected chi connectivity index (χ1v) is 23.6. The van der Waals surface area contributed by atoms with Gasteiger partial charge in [0.25, 0.3) is 6.71 Å². The number of rotatable bonds is 2. The van der Waals surface area contributed by atoms with Crippen LogP contribution in [0, 0.1) is 0 Å². The average Bonchev–Trinajstić information content (AvgIpc) is 3.99. The number of para-hydroxylation sites is 1. The van der Waals surface area contributed by atoms with Crippen molar-refractivity contribution in [3.63, 3.8) is 0 Å². The van der Waals surface area contributed by atoms with Gasteiger partial charge in [-0.1, -0.05) is 155 Å². The van der Waals surface area contributed by atoms with Gasteiger partial charge in [0, 0.05) is 67.0 Å². The number of fused-ring (bicyclic) bond motifs is 16. The maximum absolute atomic E-state index is 9.08. The third-order valence-electron chi connectivity index (χ3n) is 13.1. The molecule has 0 N–H and O–H groups in total. The molecule has 0 saturated heterocycles. The van der Waals surface area contributed by atoms with Gasteiger partial charge in [-0.05, 0) is 105 Å². The molecule has 0 atom stereocenters. The van der Waals surface area contributed by atoms with Crippen molar-refractivity contribution in [1.29, 1.82) is 0 Å². The molecule has 8 aromatic carbocycles. The van der Waals surface area contributed by atoms with E-state index in [4.69, 9.17) is 11.3 Å². The Morgan fingerprint density at radius 2 is 1.24 bits per heavy atom. The molecule has 0 radical (unpaired) electrons. The van der Waals surface area contributed by atoms with Crippen LogP contribution in [-0.4, -0.2) is 11.3 Å². The van der Waals surface area contributed by atoms with Gasteiger partial charge in [-0.25, -0.2) is 0 Å². The Labute approximate surface area is 381 Å². The molecule has 3 aromatic heterocycles. The minimum atomic E-state index is -0.395. The Morgan fingerprint density at radius 1 is 0.581 bits per heavy atom. The van der Waals surface area contributed by atoms with E-state index in [0.717, 1.165) is 69.2 Å². The third-order valence-corrected chi connectivity index (χ3v) is 16.7. The van der Waals surface area contributed by atoms with E-state index in [0.29, 0.717) is 5.56 Å². The lowest BCUT2D eigenvalue weighted by molar-refractivity contribution is 0.590. The number of benzene rings is 8. The summed E-state index contributed by atoms with van der Waals surface area (Å²) in [6.45, 7) is 13.4. The lowest BCUT2D eigenvalue weighted by atomic mass is 9.36. The predicted molar refractivity (Wildman–Crippen MR) is 270 cm³/mol. The van der Waals surface area contributed by atoms with E-state index < -0.39 is 6.04 Å². The zero-order chi connectivity index (χ0) is 46.2. The van der Waals surface area contributed by atoms with Crippen molar-refractivity contribution in [2.75, 3.05) is 0 Å². The molecule has 11 aromatic rings. The first-order chi connectivity index (χ1) is 32.1. The zero-order valence-electron chi connectivity index (χ0n) is 40.1. The summed E-state index contributed by atoms with van der Waals surface area (Å²) in [4.78, 5) is 4.25. The number of aromatic nitrogens is 1. The van der Waals surface area contributed by atoms with Gasteiger partial charge < -0.3 is 8.98 Å². The van der Waals surface area contributed by atoms with Gasteiger partial charge in [-0.2, -0.15) is 0 Å². The van der Waals surface area contributed by atoms with E-state index in [-0.39, 0.29) is 47.3 Å². The van der Waals surface area contributed by atoms with Crippen LogP contribution < -0.4 is 16.4 Å². The van der Waals surface area contributed by atoms with Crippen molar-refractivity contribution in [3.8, 4) is 16.8 Å². The Hall–Kier alpha value is -5.66. The standard InChI is InChI=1S/C56H42BNOS3/c1-55(2,3)33-20-24-41-38(28-33)39-29-34(56(4,5)6)21-25-42(39)58(41)35-22-23-40-45(30-35)60-46-26-32(31-14-8-7-9-15-31)27-47-50(46)57(40)51-52-48(36-16-10-12-18-43(36)59-52)49-37-17-11-13-19-44(37)61-53(49)54(51)62-47/h7-30H,1-6H3/i7D,8D,9D,14D,15D. The Morgan fingerprint density at radius 3 is 1.95 bits per heavy atom. The molecule has 0 saturated carbocycles. The first kappa shape index (κ1) is 32.1. The van der Waals surface area contributed by atoms with Crippen LogP contribution in [0.2, 0.25) is 0 Å². The topological polar surface area (TPSA) is 18.1 Å². The van der Waals surface area contributed by atoms with Crippen LogP contribution >= 0.6 is 34.9 Å². The molecule has 6 heteroatoms. The molecule has 62 heavy (non-hydrogen) atoms. The van der Waals surface area contributed by atoms with Gasteiger partial charge in [0.2, 0.25) is 0 Å². The number of furan rings is 1. The SMILES string of the molecule is [2H]c1c([2H])c([2H])c(-c2cc3c4c(c2)Sc2c(c5oc6ccccc6c5c5c2sc2ccccc25)B4c2ccc(-n4c5ccc(C(C)(C)C)cc5c5cc(C(C)(C)C)ccc54)cc2S3)c([2H])c1[2H]. The predicted octanol–water partition coefficient (Wildman–Crippen LogP) is 14.8. The van der Waals surface area contributed by atoms with Crippen LogP contribution in [0.4, 0.5) is 0 Å². The van der Waals surface area contributed by atoms with E-state index in [1.54, 1.807) is 23.5 Å². The second kappa shape index (κ2) is 13.0. The van der Waals surface area contributed by atoms with E-state index in [1.807, 2.05) is 17.4 Å². The molecule has 0 fully saturated rings. The first-order valence-electron chi connectivity index (χ1n) is 23.7. The molecule has 0 amide bonds. The van der Waals surface area contributed by atoms with Crippen LogP contribution in [0.5, 0.6) is 0 Å². The minimum absolute atomic E-state index is 0.0196. The summed E-state index contributed by atoms with van der Waals surface area (Å²) in [6, 6.07) is 40.5. The van der Waals surface area contributed by atoms with Crippen LogP contribution in [0.25, 0.3) is 80.7 Å². The fraction of sp³-hybridized carbons (Fsp3) is 0.143. The molecule has 0 bridgehead atoms. The van der Waals surface area contributed by atoms with Crippen molar-refractivity contribution in [1.82, 2.24) is 4.57 Å². The Bertz CT molecular complexity index is 3940. The lowest BCUT2D eigenvalue weighted by Crippen LogP contribution is -2.58. The van der Waals surface area contributed by atoms with Gasteiger partial charge in [0.05, 0.1) is 17.9 Å². The highest BCUT2D eigenvalue weighted by atomic mass is 32.2. The van der Waals surface area contributed by atoms with E-state index in [9.17, 15) is 0 Å². The smallest absolute Gasteiger partial charge is 0.252 e. The quantitative estimate of drug-likeness (QED) is 0.161. The molecule has 5 heterocycles. The van der Waals surface area contributed by atoms with Crippen molar-refractivity contribution in [2.45, 2.75) is 72.0 Å². The summed E-state index contributed by atoms with van der Waals surface area (Å²) in [7, 11) is 0. The maximum Gasteiger partial charge on any atom is 0.252 e. The van der Waals surface area contributed by atoms with Crippen LogP contribution in [0.3, 0.4) is 0 Å². The molecule has 13 rings (SSSR count). The maximum atomic E-state index is 9.08. The summed E-state index contributed by atoms with van der Waals surface area (Å²) >= 11 is 5.23. The highest BCUT2D eigenvalue weighted by Crippen LogP contribution is 2.51. The molecule has 2 nitrogen and oxygen atoms in total. The summed E-state index contributed by atoms with van der Waals surface area (Å²) in [5, 5.41) is 7.08. The lowest BCUT2D eigenvalue weighted by Gasteiger charge is -2.34. The van der Waals surface area contributed by atoms with Gasteiger partial charge >= 0.3 is 0 Å². The van der Waals surface area contributed by atoms with Gasteiger partial charge in [-0.15, -0.1) is 11.3 Å². The van der Waals surface area contributed by atoms with Crippen molar-refractivity contribution in [3.05, 3.63) is 157 Å². The van der Waals surface area contributed by atoms with Crippen LogP contribution in [0.1, 0.15) is 59.5 Å².